The van der Waals surface area contributed by atoms with Crippen LogP contribution in [0.5, 0.6) is 5.75 Å². The molecule has 10 nitrogen and oxygen atoms in total. The van der Waals surface area contributed by atoms with Crippen LogP contribution in [0.15, 0.2) is 54.6 Å². The van der Waals surface area contributed by atoms with Gasteiger partial charge in [0.25, 0.3) is 5.91 Å². The lowest BCUT2D eigenvalue weighted by Gasteiger charge is -2.24. The third-order valence-electron chi connectivity index (χ3n) is 5.11. The Morgan fingerprint density at radius 2 is 1.47 bits per heavy atom. The molecule has 2 rings (SSSR count). The zero-order valence-electron chi connectivity index (χ0n) is 18.9. The van der Waals surface area contributed by atoms with Crippen LogP contribution < -0.4 is 27.6 Å². The number of aromatic hydroxyl groups is 1. The van der Waals surface area contributed by atoms with Gasteiger partial charge in [0.15, 0.2) is 0 Å². The summed E-state index contributed by atoms with van der Waals surface area (Å²) in [5.74, 6) is 3.77. The first-order valence-electron chi connectivity index (χ1n) is 10.7. The van der Waals surface area contributed by atoms with E-state index in [1.165, 1.54) is 18.4 Å². The Balaban J connectivity index is 2.09. The summed E-state index contributed by atoms with van der Waals surface area (Å²) in [6, 6.07) is 12.4. The van der Waals surface area contributed by atoms with Crippen molar-refractivity contribution in [3.05, 3.63) is 65.7 Å². The molecule has 2 aromatic rings. The van der Waals surface area contributed by atoms with E-state index < -0.39 is 46.6 Å². The average molecular weight is 490 g/mol. The van der Waals surface area contributed by atoms with Gasteiger partial charge in [-0.05, 0) is 36.1 Å². The number of nitrogens with two attached hydrogens (primary N) is 2. The summed E-state index contributed by atoms with van der Waals surface area (Å²) in [4.78, 5) is 38.0. The molecule has 2 aromatic carbocycles. The molecule has 184 valence electrons. The minimum Gasteiger partial charge on any atom is -0.508 e. The van der Waals surface area contributed by atoms with Gasteiger partial charge in [-0.15, -0.1) is 0 Å². The van der Waals surface area contributed by atoms with Gasteiger partial charge in [-0.25, -0.2) is 5.84 Å². The molecule has 11 heteroatoms. The lowest BCUT2D eigenvalue weighted by atomic mass is 10.0. The van der Waals surface area contributed by atoms with E-state index in [9.17, 15) is 23.7 Å². The number of hydrogen-bond acceptors (Lipinski definition) is 7. The number of benzene rings is 2. The molecule has 1 unspecified atom stereocenters. The Kier molecular flexibility index (Phi) is 10.7. The van der Waals surface area contributed by atoms with Crippen LogP contribution in [0.4, 0.5) is 0 Å². The first-order valence-corrected chi connectivity index (χ1v) is 12.4. The highest BCUT2D eigenvalue weighted by molar-refractivity contribution is 7.84. The molecular formula is C23H31N5O5S. The molecule has 0 aliphatic carbocycles. The van der Waals surface area contributed by atoms with Gasteiger partial charge in [0.05, 0.1) is 6.04 Å². The van der Waals surface area contributed by atoms with Crippen LogP contribution >= 0.6 is 0 Å². The number of carbonyl (C=O) groups excluding carboxylic acids is 3. The Morgan fingerprint density at radius 3 is 2.06 bits per heavy atom. The smallest absolute Gasteiger partial charge is 0.256 e. The quantitative estimate of drug-likeness (QED) is 0.129. The van der Waals surface area contributed by atoms with Gasteiger partial charge >= 0.3 is 0 Å². The van der Waals surface area contributed by atoms with Crippen molar-refractivity contribution in [2.75, 3.05) is 12.0 Å². The van der Waals surface area contributed by atoms with Gasteiger partial charge in [0.2, 0.25) is 11.8 Å². The lowest BCUT2D eigenvalue weighted by Crippen LogP contribution is -2.57. The molecule has 34 heavy (non-hydrogen) atoms. The number of carbonyl (C=O) groups is 3. The number of hydrogen-bond donors (Lipinski definition) is 6. The Morgan fingerprint density at radius 1 is 0.882 bits per heavy atom. The van der Waals surface area contributed by atoms with Crippen LogP contribution in [0.2, 0.25) is 0 Å². The summed E-state index contributed by atoms with van der Waals surface area (Å²) < 4.78 is 11.6. The summed E-state index contributed by atoms with van der Waals surface area (Å²) in [6.45, 7) is 0. The van der Waals surface area contributed by atoms with Crippen molar-refractivity contribution in [1.82, 2.24) is 16.1 Å². The average Bonchev–Trinajstić information content (AvgIpc) is 2.82. The normalized spacial score (nSPS) is 14.3. The fourth-order valence-corrected chi connectivity index (χ4v) is 3.81. The molecule has 0 spiro atoms. The third kappa shape index (κ3) is 8.93. The first-order chi connectivity index (χ1) is 16.2. The van der Waals surface area contributed by atoms with Crippen molar-refractivity contribution in [1.29, 1.82) is 0 Å². The number of hydrazine groups is 1. The fraction of sp³-hybridized carbons (Fsp3) is 0.348. The SMILES string of the molecule is CS(=O)CC[C@H](NC(=O)[C@@H](N)Cc1ccc(O)cc1)C(=O)N[C@@H](Cc1ccccc1)C(=O)NN. The second-order valence-electron chi connectivity index (χ2n) is 7.86. The number of amides is 3. The van der Waals surface area contributed by atoms with Crippen molar-refractivity contribution < 1.29 is 23.7 Å². The van der Waals surface area contributed by atoms with E-state index in [1.807, 2.05) is 35.8 Å². The Hall–Kier alpha value is -3.28. The fourth-order valence-electron chi connectivity index (χ4n) is 3.24. The molecular weight excluding hydrogens is 458 g/mol. The van der Waals surface area contributed by atoms with E-state index in [4.69, 9.17) is 11.6 Å². The highest BCUT2D eigenvalue weighted by Gasteiger charge is 2.28. The second-order valence-corrected chi connectivity index (χ2v) is 9.42. The zero-order chi connectivity index (χ0) is 25.1. The molecule has 0 aromatic heterocycles. The summed E-state index contributed by atoms with van der Waals surface area (Å²) >= 11 is 0. The van der Waals surface area contributed by atoms with Crippen molar-refractivity contribution in [2.24, 2.45) is 11.6 Å². The topological polar surface area (TPSA) is 177 Å². The Labute approximate surface area is 200 Å². The first kappa shape index (κ1) is 27.0. The van der Waals surface area contributed by atoms with Gasteiger partial charge in [-0.2, -0.15) is 0 Å². The van der Waals surface area contributed by atoms with E-state index in [0.29, 0.717) is 0 Å². The molecule has 0 bridgehead atoms. The molecule has 0 aliphatic heterocycles. The van der Waals surface area contributed by atoms with Crippen molar-refractivity contribution in [3.8, 4) is 5.75 Å². The highest BCUT2D eigenvalue weighted by atomic mass is 32.2. The van der Waals surface area contributed by atoms with Crippen LogP contribution in [0.3, 0.4) is 0 Å². The van der Waals surface area contributed by atoms with Gasteiger partial charge < -0.3 is 21.5 Å². The maximum Gasteiger partial charge on any atom is 0.256 e. The summed E-state index contributed by atoms with van der Waals surface area (Å²) in [5.41, 5.74) is 9.60. The minimum atomic E-state index is -1.20. The summed E-state index contributed by atoms with van der Waals surface area (Å²) in [5, 5.41) is 14.6. The van der Waals surface area contributed by atoms with Gasteiger partial charge in [0, 0.05) is 29.2 Å². The number of phenolic OH excluding ortho intramolecular Hbond substituents is 1. The molecule has 0 fully saturated rings. The van der Waals surface area contributed by atoms with E-state index in [-0.39, 0.29) is 30.8 Å². The molecule has 0 heterocycles. The molecule has 3 amide bonds. The zero-order valence-corrected chi connectivity index (χ0v) is 19.7. The van der Waals surface area contributed by atoms with Gasteiger partial charge in [-0.1, -0.05) is 42.5 Å². The minimum absolute atomic E-state index is 0.0922. The summed E-state index contributed by atoms with van der Waals surface area (Å²) in [7, 11) is -1.20. The van der Waals surface area contributed by atoms with Crippen LogP contribution in [-0.4, -0.2) is 57.2 Å². The third-order valence-corrected chi connectivity index (χ3v) is 5.92. The monoisotopic (exact) mass is 489 g/mol. The molecule has 0 saturated carbocycles. The van der Waals surface area contributed by atoms with Gasteiger partial charge in [-0.3, -0.25) is 24.0 Å². The number of nitrogens with one attached hydrogen (secondary N) is 3. The molecule has 0 saturated heterocycles. The van der Waals surface area contributed by atoms with Gasteiger partial charge in [0.1, 0.15) is 17.8 Å². The van der Waals surface area contributed by atoms with Crippen LogP contribution in [0.1, 0.15) is 17.5 Å². The van der Waals surface area contributed by atoms with Crippen molar-refractivity contribution >= 4 is 28.5 Å². The largest absolute Gasteiger partial charge is 0.508 e. The molecule has 0 aliphatic rings. The van der Waals surface area contributed by atoms with E-state index >= 15 is 0 Å². The van der Waals surface area contributed by atoms with E-state index in [1.54, 1.807) is 12.1 Å². The predicted molar refractivity (Wildman–Crippen MR) is 130 cm³/mol. The van der Waals surface area contributed by atoms with Crippen LogP contribution in [0, 0.1) is 0 Å². The number of phenols is 1. The molecule has 0 radical (unpaired) electrons. The Bertz CT molecular complexity index is 987. The van der Waals surface area contributed by atoms with Crippen LogP contribution in [0.25, 0.3) is 0 Å². The second kappa shape index (κ2) is 13.4. The standard InChI is InChI=1S/C23H31N5O5S/c1-34(33)12-11-19(26-21(30)18(24)13-16-7-9-17(29)10-8-16)22(31)27-20(23(32)28-25)14-15-5-3-2-4-6-15/h2-10,18-20,29H,11-14,24-25H2,1H3,(H,26,30)(H,27,31)(H,28,32)/t18-,19-,20-,34?/m0/s1. The molecule has 8 N–H and O–H groups in total. The number of rotatable bonds is 12. The maximum atomic E-state index is 13.0. The van der Waals surface area contributed by atoms with Crippen molar-refractivity contribution in [3.63, 3.8) is 0 Å². The lowest BCUT2D eigenvalue weighted by molar-refractivity contribution is -0.132. The van der Waals surface area contributed by atoms with Crippen molar-refractivity contribution in [2.45, 2.75) is 37.4 Å². The predicted octanol–water partition coefficient (Wildman–Crippen LogP) is -0.767. The van der Waals surface area contributed by atoms with E-state index in [2.05, 4.69) is 10.6 Å². The van der Waals surface area contributed by atoms with E-state index in [0.717, 1.165) is 11.1 Å². The molecule has 4 atom stereocenters. The maximum absolute atomic E-state index is 13.0. The van der Waals surface area contributed by atoms with Crippen LogP contribution in [-0.2, 0) is 38.0 Å². The summed E-state index contributed by atoms with van der Waals surface area (Å²) in [6.07, 6.45) is 1.96. The highest BCUT2D eigenvalue weighted by Crippen LogP contribution is 2.11.